The van der Waals surface area contributed by atoms with Gasteiger partial charge in [-0.05, 0) is 25.4 Å². The molecule has 0 aromatic carbocycles. The van der Waals surface area contributed by atoms with Gasteiger partial charge in [0, 0.05) is 11.5 Å². The Labute approximate surface area is 121 Å². The summed E-state index contributed by atoms with van der Waals surface area (Å²) in [5.74, 6) is -0.447. The Morgan fingerprint density at radius 2 is 2.52 bits per heavy atom. The van der Waals surface area contributed by atoms with Crippen molar-refractivity contribution in [2.24, 2.45) is 5.11 Å². The molecule has 21 heavy (non-hydrogen) atoms. The van der Waals surface area contributed by atoms with Crippen molar-refractivity contribution in [3.63, 3.8) is 0 Å². The third-order valence-corrected chi connectivity index (χ3v) is 2.55. The molecule has 0 spiro atoms. The van der Waals surface area contributed by atoms with Crippen LogP contribution < -0.4 is 5.32 Å². The molecule has 0 aliphatic carbocycles. The maximum Gasteiger partial charge on any atom is 0.329 e. The summed E-state index contributed by atoms with van der Waals surface area (Å²) >= 11 is 0. The van der Waals surface area contributed by atoms with Gasteiger partial charge in [0.2, 0.25) is 0 Å². The van der Waals surface area contributed by atoms with Crippen LogP contribution in [0, 0.1) is 0 Å². The number of hydrogen-bond donors (Lipinski definition) is 2. The van der Waals surface area contributed by atoms with E-state index in [1.807, 2.05) is 0 Å². The number of nitrogens with one attached hydrogen (secondary N) is 1. The third-order valence-electron chi connectivity index (χ3n) is 2.55. The molecular formula is C11H19N7O3. The van der Waals surface area contributed by atoms with Crippen molar-refractivity contribution in [1.82, 2.24) is 20.3 Å². The fourth-order valence-electron chi connectivity index (χ4n) is 1.63. The minimum absolute atomic E-state index is 0.0630. The summed E-state index contributed by atoms with van der Waals surface area (Å²) in [5.41, 5.74) is 8.61. The molecule has 1 atom stereocenters. The first-order chi connectivity index (χ1) is 10.2. The van der Waals surface area contributed by atoms with Crippen molar-refractivity contribution in [1.29, 1.82) is 0 Å². The first kappa shape index (κ1) is 16.9. The van der Waals surface area contributed by atoms with Gasteiger partial charge in [0.15, 0.2) is 6.04 Å². The molecule has 10 nitrogen and oxygen atoms in total. The summed E-state index contributed by atoms with van der Waals surface area (Å²) in [6, 6.07) is -0.733. The van der Waals surface area contributed by atoms with Crippen LogP contribution in [0.25, 0.3) is 10.4 Å². The van der Waals surface area contributed by atoms with E-state index in [2.05, 4.69) is 25.7 Å². The number of carbonyl (C=O) groups excluding carboxylic acids is 1. The molecule has 1 unspecified atom stereocenters. The van der Waals surface area contributed by atoms with E-state index >= 15 is 0 Å². The second kappa shape index (κ2) is 9.70. The number of carbonyl (C=O) groups is 1. The molecule has 1 heterocycles. The molecular weight excluding hydrogens is 278 g/mol. The van der Waals surface area contributed by atoms with Crippen molar-refractivity contribution in [2.45, 2.75) is 25.9 Å². The van der Waals surface area contributed by atoms with E-state index in [9.17, 15) is 4.79 Å². The molecule has 0 aliphatic heterocycles. The molecule has 10 heteroatoms. The van der Waals surface area contributed by atoms with Gasteiger partial charge in [0.25, 0.3) is 0 Å². The Balaban J connectivity index is 2.66. The predicted octanol–water partition coefficient (Wildman–Crippen LogP) is 0.165. The zero-order valence-electron chi connectivity index (χ0n) is 11.8. The lowest BCUT2D eigenvalue weighted by atomic mass is 10.2. The van der Waals surface area contributed by atoms with Crippen LogP contribution in [0.3, 0.4) is 0 Å². The van der Waals surface area contributed by atoms with Gasteiger partial charge < -0.3 is 9.84 Å². The van der Waals surface area contributed by atoms with E-state index in [1.165, 1.54) is 4.68 Å². The minimum Gasteiger partial charge on any atom is -0.465 e. The molecule has 116 valence electrons. The van der Waals surface area contributed by atoms with Crippen molar-refractivity contribution in [2.75, 3.05) is 26.3 Å². The van der Waals surface area contributed by atoms with Gasteiger partial charge in [0.05, 0.1) is 26.0 Å². The molecule has 1 rings (SSSR count). The highest BCUT2D eigenvalue weighted by Crippen LogP contribution is 2.11. The first-order valence-corrected chi connectivity index (χ1v) is 6.64. The zero-order chi connectivity index (χ0) is 15.5. The average Bonchev–Trinajstić information content (AvgIpc) is 2.91. The molecule has 0 saturated carbocycles. The highest BCUT2D eigenvalue weighted by atomic mass is 16.5. The number of aromatic nitrogens is 3. The lowest BCUT2D eigenvalue weighted by Crippen LogP contribution is -2.31. The SMILES string of the molecule is CCOC(=O)C(NCCCN=[N+]=[N-])c1cn(CCO)nn1. The number of nitrogens with zero attached hydrogens (tertiary/aromatic N) is 6. The summed E-state index contributed by atoms with van der Waals surface area (Å²) < 4.78 is 6.44. The summed E-state index contributed by atoms with van der Waals surface area (Å²) in [6.45, 7) is 3.04. The van der Waals surface area contributed by atoms with Gasteiger partial charge in [-0.1, -0.05) is 10.3 Å². The number of ether oxygens (including phenoxy) is 1. The normalized spacial score (nSPS) is 11.7. The van der Waals surface area contributed by atoms with E-state index in [0.29, 0.717) is 31.7 Å². The quantitative estimate of drug-likeness (QED) is 0.207. The van der Waals surface area contributed by atoms with E-state index in [1.54, 1.807) is 13.1 Å². The lowest BCUT2D eigenvalue weighted by Gasteiger charge is -2.14. The highest BCUT2D eigenvalue weighted by Gasteiger charge is 2.24. The molecule has 0 radical (unpaired) electrons. The zero-order valence-corrected chi connectivity index (χ0v) is 11.8. The number of hydrogen-bond acceptors (Lipinski definition) is 7. The smallest absolute Gasteiger partial charge is 0.329 e. The summed E-state index contributed by atoms with van der Waals surface area (Å²) in [7, 11) is 0. The molecule has 0 bridgehead atoms. The van der Waals surface area contributed by atoms with Gasteiger partial charge >= 0.3 is 5.97 Å². The van der Waals surface area contributed by atoms with Crippen molar-refractivity contribution in [3.05, 3.63) is 22.3 Å². The van der Waals surface area contributed by atoms with Crippen LogP contribution in [-0.4, -0.2) is 52.4 Å². The Morgan fingerprint density at radius 3 is 3.19 bits per heavy atom. The van der Waals surface area contributed by atoms with E-state index < -0.39 is 12.0 Å². The number of esters is 1. The lowest BCUT2D eigenvalue weighted by molar-refractivity contribution is -0.146. The molecule has 0 aliphatic rings. The third kappa shape index (κ3) is 5.78. The van der Waals surface area contributed by atoms with Crippen LogP contribution in [0.1, 0.15) is 25.1 Å². The molecule has 0 amide bonds. The van der Waals surface area contributed by atoms with Gasteiger partial charge in [-0.25, -0.2) is 9.48 Å². The number of aliphatic hydroxyl groups is 1. The van der Waals surface area contributed by atoms with Crippen LogP contribution in [-0.2, 0) is 16.1 Å². The van der Waals surface area contributed by atoms with Crippen LogP contribution in [0.2, 0.25) is 0 Å². The number of azide groups is 1. The van der Waals surface area contributed by atoms with E-state index in [4.69, 9.17) is 15.4 Å². The summed E-state index contributed by atoms with van der Waals surface area (Å²) in [5, 5.41) is 23.0. The molecule has 1 aromatic rings. The largest absolute Gasteiger partial charge is 0.465 e. The Bertz CT molecular complexity index is 484. The van der Waals surface area contributed by atoms with Gasteiger partial charge in [-0.15, -0.1) is 5.10 Å². The first-order valence-electron chi connectivity index (χ1n) is 6.64. The Morgan fingerprint density at radius 1 is 1.71 bits per heavy atom. The maximum atomic E-state index is 11.9. The molecule has 0 fully saturated rings. The molecule has 2 N–H and O–H groups in total. The van der Waals surface area contributed by atoms with Crippen molar-refractivity contribution in [3.8, 4) is 0 Å². The Hall–Kier alpha value is -2.16. The highest BCUT2D eigenvalue weighted by molar-refractivity contribution is 5.76. The van der Waals surface area contributed by atoms with Gasteiger partial charge in [-0.2, -0.15) is 0 Å². The minimum atomic E-state index is -0.733. The molecule has 0 saturated heterocycles. The van der Waals surface area contributed by atoms with Crippen LogP contribution in [0.4, 0.5) is 0 Å². The van der Waals surface area contributed by atoms with Gasteiger partial charge in [-0.3, -0.25) is 5.32 Å². The second-order valence-electron chi connectivity index (χ2n) is 4.08. The topological polar surface area (TPSA) is 138 Å². The second-order valence-corrected chi connectivity index (χ2v) is 4.08. The summed E-state index contributed by atoms with van der Waals surface area (Å²) in [6.07, 6.45) is 2.17. The molecule has 1 aromatic heterocycles. The maximum absolute atomic E-state index is 11.9. The Kier molecular flexibility index (Phi) is 7.80. The fourth-order valence-corrected chi connectivity index (χ4v) is 1.63. The summed E-state index contributed by atoms with van der Waals surface area (Å²) in [4.78, 5) is 14.6. The van der Waals surface area contributed by atoms with Crippen LogP contribution in [0.15, 0.2) is 11.3 Å². The van der Waals surface area contributed by atoms with Crippen molar-refractivity contribution < 1.29 is 14.6 Å². The van der Waals surface area contributed by atoms with E-state index in [-0.39, 0.29) is 13.2 Å². The predicted molar refractivity (Wildman–Crippen MR) is 73.1 cm³/mol. The fraction of sp³-hybridized carbons (Fsp3) is 0.727. The van der Waals surface area contributed by atoms with Crippen LogP contribution in [0.5, 0.6) is 0 Å². The number of aliphatic hydroxyl groups excluding tert-OH is 1. The standard InChI is InChI=1S/C11H19N7O3/c1-2-21-11(20)10(13-4-3-5-14-16-12)9-8-18(6-7-19)17-15-9/h8,10,13,19H,2-7H2,1H3. The van der Waals surface area contributed by atoms with Crippen LogP contribution >= 0.6 is 0 Å². The average molecular weight is 297 g/mol. The number of rotatable bonds is 10. The van der Waals surface area contributed by atoms with E-state index in [0.717, 1.165) is 0 Å². The van der Waals surface area contributed by atoms with Crippen molar-refractivity contribution >= 4 is 5.97 Å². The van der Waals surface area contributed by atoms with Gasteiger partial charge in [0.1, 0.15) is 5.69 Å². The monoisotopic (exact) mass is 297 g/mol.